The molecule has 0 aromatic rings. The number of aliphatic imine (C=N–C) groups is 1. The van der Waals surface area contributed by atoms with Crippen LogP contribution in [0.25, 0.3) is 0 Å². The number of amides is 1. The minimum atomic E-state index is -0.0288. The molecule has 1 saturated heterocycles. The molecule has 90 valence electrons. The molecule has 2 aliphatic heterocycles. The highest BCUT2D eigenvalue weighted by molar-refractivity contribution is 5.87. The van der Waals surface area contributed by atoms with E-state index in [1.807, 2.05) is 0 Å². The highest BCUT2D eigenvalue weighted by Gasteiger charge is 2.21. The minimum Gasteiger partial charge on any atom is -0.306 e. The van der Waals surface area contributed by atoms with Crippen LogP contribution in [0.2, 0.25) is 0 Å². The first-order chi connectivity index (χ1) is 7.86. The Hall–Kier alpha value is -1.10. The van der Waals surface area contributed by atoms with Gasteiger partial charge in [0.2, 0.25) is 0 Å². The van der Waals surface area contributed by atoms with E-state index in [0.29, 0.717) is 0 Å². The van der Waals surface area contributed by atoms with E-state index in [1.54, 1.807) is 0 Å². The summed E-state index contributed by atoms with van der Waals surface area (Å²) < 4.78 is 0. The standard InChI is InChI=1S/C11H20N4O/c16-11(9-5-4-8-12-9)15-14-10-6-2-1-3-7-13-10/h9,12H,1-8H2,(H,13,14)(H,15,16). The van der Waals surface area contributed by atoms with Gasteiger partial charge in [0.25, 0.3) is 5.91 Å². The zero-order valence-corrected chi connectivity index (χ0v) is 9.59. The molecule has 0 aromatic heterocycles. The molecule has 0 aliphatic carbocycles. The largest absolute Gasteiger partial charge is 0.306 e. The maximum atomic E-state index is 11.7. The van der Waals surface area contributed by atoms with E-state index in [1.165, 1.54) is 6.42 Å². The fourth-order valence-corrected chi connectivity index (χ4v) is 2.11. The van der Waals surface area contributed by atoms with Crippen molar-refractivity contribution < 1.29 is 4.79 Å². The van der Waals surface area contributed by atoms with Crippen LogP contribution in [-0.2, 0) is 4.79 Å². The minimum absolute atomic E-state index is 0.0288. The quantitative estimate of drug-likeness (QED) is 0.562. The summed E-state index contributed by atoms with van der Waals surface area (Å²) in [4.78, 5) is 16.1. The van der Waals surface area contributed by atoms with Crippen LogP contribution in [0.4, 0.5) is 0 Å². The number of nitrogens with one attached hydrogen (secondary N) is 3. The number of carbonyl (C=O) groups excluding carboxylic acids is 1. The van der Waals surface area contributed by atoms with Gasteiger partial charge in [0.05, 0.1) is 6.04 Å². The van der Waals surface area contributed by atoms with Crippen molar-refractivity contribution in [3.63, 3.8) is 0 Å². The average Bonchev–Trinajstić information content (AvgIpc) is 2.71. The Bertz CT molecular complexity index is 271. The van der Waals surface area contributed by atoms with Gasteiger partial charge in [0.1, 0.15) is 5.84 Å². The van der Waals surface area contributed by atoms with E-state index in [4.69, 9.17) is 0 Å². The molecule has 16 heavy (non-hydrogen) atoms. The molecule has 1 unspecified atom stereocenters. The van der Waals surface area contributed by atoms with E-state index in [2.05, 4.69) is 21.2 Å². The summed E-state index contributed by atoms with van der Waals surface area (Å²) in [7, 11) is 0. The van der Waals surface area contributed by atoms with Crippen LogP contribution in [0.15, 0.2) is 4.99 Å². The van der Waals surface area contributed by atoms with E-state index >= 15 is 0 Å². The number of carbonyl (C=O) groups is 1. The third kappa shape index (κ3) is 3.20. The first kappa shape index (κ1) is 11.4. The molecule has 5 heteroatoms. The summed E-state index contributed by atoms with van der Waals surface area (Å²) in [6, 6.07) is -0.0288. The van der Waals surface area contributed by atoms with Gasteiger partial charge in [-0.2, -0.15) is 0 Å². The average molecular weight is 224 g/mol. The Morgan fingerprint density at radius 2 is 2.25 bits per heavy atom. The molecule has 2 heterocycles. The topological polar surface area (TPSA) is 65.5 Å². The van der Waals surface area contributed by atoms with Crippen molar-refractivity contribution >= 4 is 11.7 Å². The van der Waals surface area contributed by atoms with Gasteiger partial charge < -0.3 is 5.32 Å². The summed E-state index contributed by atoms with van der Waals surface area (Å²) >= 11 is 0. The van der Waals surface area contributed by atoms with Gasteiger partial charge in [0, 0.05) is 13.0 Å². The Balaban J connectivity index is 1.73. The van der Waals surface area contributed by atoms with Gasteiger partial charge in [-0.25, -0.2) is 0 Å². The lowest BCUT2D eigenvalue weighted by molar-refractivity contribution is -0.123. The third-order valence-electron chi connectivity index (χ3n) is 3.08. The van der Waals surface area contributed by atoms with Crippen molar-refractivity contribution in [2.24, 2.45) is 4.99 Å². The van der Waals surface area contributed by atoms with Crippen LogP contribution in [-0.4, -0.2) is 30.9 Å². The second-order valence-corrected chi connectivity index (χ2v) is 4.40. The third-order valence-corrected chi connectivity index (χ3v) is 3.08. The zero-order chi connectivity index (χ0) is 11.2. The molecule has 2 aliphatic rings. The predicted octanol–water partition coefficient (Wildman–Crippen LogP) is 0.332. The number of hydrogen-bond donors (Lipinski definition) is 3. The Labute approximate surface area is 96.1 Å². The molecule has 3 N–H and O–H groups in total. The van der Waals surface area contributed by atoms with Crippen molar-refractivity contribution in [2.75, 3.05) is 13.1 Å². The van der Waals surface area contributed by atoms with Gasteiger partial charge in [-0.15, -0.1) is 0 Å². The lowest BCUT2D eigenvalue weighted by Crippen LogP contribution is -2.49. The van der Waals surface area contributed by atoms with Crippen LogP contribution in [0, 0.1) is 0 Å². The van der Waals surface area contributed by atoms with E-state index < -0.39 is 0 Å². The molecule has 0 radical (unpaired) electrons. The molecule has 1 amide bonds. The lowest BCUT2D eigenvalue weighted by Gasteiger charge is -2.13. The summed E-state index contributed by atoms with van der Waals surface area (Å²) in [6.07, 6.45) is 6.50. The number of amidine groups is 1. The van der Waals surface area contributed by atoms with Crippen LogP contribution >= 0.6 is 0 Å². The molecule has 2 rings (SSSR count). The molecular formula is C11H20N4O. The summed E-state index contributed by atoms with van der Waals surface area (Å²) in [5.41, 5.74) is 5.69. The second kappa shape index (κ2) is 5.84. The van der Waals surface area contributed by atoms with Crippen molar-refractivity contribution in [3.8, 4) is 0 Å². The molecule has 5 nitrogen and oxygen atoms in total. The van der Waals surface area contributed by atoms with Crippen LogP contribution in [0.1, 0.15) is 38.5 Å². The molecule has 0 aromatic carbocycles. The molecule has 0 spiro atoms. The molecule has 1 fully saturated rings. The molecule has 1 atom stereocenters. The first-order valence-corrected chi connectivity index (χ1v) is 6.19. The van der Waals surface area contributed by atoms with E-state index in [0.717, 1.165) is 51.0 Å². The maximum absolute atomic E-state index is 11.7. The Kier molecular flexibility index (Phi) is 4.16. The van der Waals surface area contributed by atoms with Crippen LogP contribution < -0.4 is 16.2 Å². The van der Waals surface area contributed by atoms with Gasteiger partial charge in [-0.05, 0) is 32.2 Å². The lowest BCUT2D eigenvalue weighted by atomic mass is 10.2. The first-order valence-electron chi connectivity index (χ1n) is 6.19. The van der Waals surface area contributed by atoms with Crippen LogP contribution in [0.3, 0.4) is 0 Å². The predicted molar refractivity (Wildman–Crippen MR) is 63.1 cm³/mol. The normalized spacial score (nSPS) is 25.8. The SMILES string of the molecule is O=C(NNC1=NCCCCC1)C1CCCN1. The second-order valence-electron chi connectivity index (χ2n) is 4.40. The molecular weight excluding hydrogens is 204 g/mol. The van der Waals surface area contributed by atoms with Gasteiger partial charge in [0.15, 0.2) is 0 Å². The molecule has 0 bridgehead atoms. The fraction of sp³-hybridized carbons (Fsp3) is 0.818. The smallest absolute Gasteiger partial charge is 0.255 e. The van der Waals surface area contributed by atoms with Crippen molar-refractivity contribution in [2.45, 2.75) is 44.6 Å². The summed E-state index contributed by atoms with van der Waals surface area (Å²) in [5, 5.41) is 3.16. The number of nitrogens with zero attached hydrogens (tertiary/aromatic N) is 1. The Morgan fingerprint density at radius 1 is 1.31 bits per heavy atom. The number of rotatable bonds is 1. The van der Waals surface area contributed by atoms with Gasteiger partial charge in [-0.1, -0.05) is 6.42 Å². The van der Waals surface area contributed by atoms with Crippen LogP contribution in [0.5, 0.6) is 0 Å². The highest BCUT2D eigenvalue weighted by Crippen LogP contribution is 2.06. The van der Waals surface area contributed by atoms with E-state index in [-0.39, 0.29) is 11.9 Å². The maximum Gasteiger partial charge on any atom is 0.255 e. The summed E-state index contributed by atoms with van der Waals surface area (Å²) in [6.45, 7) is 1.82. The fourth-order valence-electron chi connectivity index (χ4n) is 2.11. The zero-order valence-electron chi connectivity index (χ0n) is 9.59. The molecule has 0 saturated carbocycles. The van der Waals surface area contributed by atoms with Gasteiger partial charge >= 0.3 is 0 Å². The number of hydrazine groups is 1. The van der Waals surface area contributed by atoms with E-state index in [9.17, 15) is 4.79 Å². The Morgan fingerprint density at radius 3 is 3.06 bits per heavy atom. The van der Waals surface area contributed by atoms with Crippen molar-refractivity contribution in [1.82, 2.24) is 16.2 Å². The summed E-state index contributed by atoms with van der Waals surface area (Å²) in [5.74, 6) is 0.952. The monoisotopic (exact) mass is 224 g/mol. The van der Waals surface area contributed by atoms with Gasteiger partial charge in [-0.3, -0.25) is 20.6 Å². The highest BCUT2D eigenvalue weighted by atomic mass is 16.2. The van der Waals surface area contributed by atoms with Crippen molar-refractivity contribution in [3.05, 3.63) is 0 Å². The number of hydrogen-bond acceptors (Lipinski definition) is 4. The van der Waals surface area contributed by atoms with Crippen molar-refractivity contribution in [1.29, 1.82) is 0 Å².